The quantitative estimate of drug-likeness (QED) is 0.399. The van der Waals surface area contributed by atoms with Gasteiger partial charge < -0.3 is 8.85 Å². The molecular formula is C16H24O4Si. The van der Waals surface area contributed by atoms with Gasteiger partial charge in [0.1, 0.15) is 11.3 Å². The Balaban J connectivity index is 3.27. The average Bonchev–Trinajstić information content (AvgIpc) is 2.54. The number of carbonyl (C=O) groups is 2. The van der Waals surface area contributed by atoms with Crippen molar-refractivity contribution < 1.29 is 18.4 Å². The monoisotopic (exact) mass is 308 g/mol. The highest BCUT2D eigenvalue weighted by Crippen LogP contribution is 2.33. The summed E-state index contributed by atoms with van der Waals surface area (Å²) in [5, 5.41) is 0. The van der Waals surface area contributed by atoms with E-state index in [1.165, 1.54) is 0 Å². The fourth-order valence-electron chi connectivity index (χ4n) is 2.58. The number of rotatable bonds is 9. The van der Waals surface area contributed by atoms with E-state index in [9.17, 15) is 9.59 Å². The van der Waals surface area contributed by atoms with Crippen LogP contribution in [0.1, 0.15) is 37.0 Å². The van der Waals surface area contributed by atoms with E-state index in [1.807, 2.05) is 13.0 Å². The molecule has 0 N–H and O–H groups in total. The first-order valence-corrected chi connectivity index (χ1v) is 9.38. The Morgan fingerprint density at radius 3 is 2.10 bits per heavy atom. The zero-order valence-electron chi connectivity index (χ0n) is 13.2. The maximum Gasteiger partial charge on any atom is 0.356 e. The SMILES string of the molecule is CCC[Si](OC)(OC)C(C(=O)CC)C(=O)c1ccccc1. The second-order valence-corrected chi connectivity index (χ2v) is 8.47. The number of Topliss-reactive ketones (excluding diaryl/α,β-unsaturated/α-hetero) is 2. The van der Waals surface area contributed by atoms with E-state index >= 15 is 0 Å². The van der Waals surface area contributed by atoms with Crippen LogP contribution in [0.3, 0.4) is 0 Å². The first-order valence-electron chi connectivity index (χ1n) is 7.28. The minimum atomic E-state index is -2.90. The van der Waals surface area contributed by atoms with Crippen LogP contribution < -0.4 is 0 Å². The first kappa shape index (κ1) is 17.7. The largest absolute Gasteiger partial charge is 0.397 e. The van der Waals surface area contributed by atoms with Crippen molar-refractivity contribution in [3.05, 3.63) is 35.9 Å². The lowest BCUT2D eigenvalue weighted by molar-refractivity contribution is -0.118. The van der Waals surface area contributed by atoms with Gasteiger partial charge in [-0.2, -0.15) is 0 Å². The summed E-state index contributed by atoms with van der Waals surface area (Å²) in [5.41, 5.74) is -0.272. The van der Waals surface area contributed by atoms with Crippen LogP contribution >= 0.6 is 0 Å². The van der Waals surface area contributed by atoms with E-state index in [1.54, 1.807) is 45.4 Å². The average molecular weight is 308 g/mol. The maximum absolute atomic E-state index is 12.8. The number of hydrogen-bond donors (Lipinski definition) is 0. The van der Waals surface area contributed by atoms with Crippen LogP contribution in [-0.4, -0.2) is 34.3 Å². The van der Waals surface area contributed by atoms with Crippen LogP contribution in [0.5, 0.6) is 0 Å². The third-order valence-electron chi connectivity index (χ3n) is 3.72. The van der Waals surface area contributed by atoms with Gasteiger partial charge in [0, 0.05) is 26.2 Å². The molecule has 0 fully saturated rings. The van der Waals surface area contributed by atoms with Gasteiger partial charge >= 0.3 is 8.56 Å². The van der Waals surface area contributed by atoms with Crippen molar-refractivity contribution in [3.63, 3.8) is 0 Å². The fourth-order valence-corrected chi connectivity index (χ4v) is 5.87. The Morgan fingerprint density at radius 1 is 1.10 bits per heavy atom. The van der Waals surface area contributed by atoms with E-state index in [4.69, 9.17) is 8.85 Å². The van der Waals surface area contributed by atoms with Crippen molar-refractivity contribution in [1.29, 1.82) is 0 Å². The van der Waals surface area contributed by atoms with Gasteiger partial charge in [0.05, 0.1) is 0 Å². The summed E-state index contributed by atoms with van der Waals surface area (Å²) in [5.74, 6) is -0.293. The Morgan fingerprint density at radius 2 is 1.67 bits per heavy atom. The number of hydrogen-bond acceptors (Lipinski definition) is 4. The minimum Gasteiger partial charge on any atom is -0.397 e. The summed E-state index contributed by atoms with van der Waals surface area (Å²) in [6.45, 7) is 3.77. The van der Waals surface area contributed by atoms with Gasteiger partial charge in [0.15, 0.2) is 5.78 Å². The van der Waals surface area contributed by atoms with Crippen molar-refractivity contribution in [2.75, 3.05) is 14.2 Å². The molecule has 0 heterocycles. The highest BCUT2D eigenvalue weighted by Gasteiger charge is 2.51. The zero-order chi connectivity index (χ0) is 15.9. The van der Waals surface area contributed by atoms with E-state index in [0.717, 1.165) is 6.42 Å². The predicted octanol–water partition coefficient (Wildman–Crippen LogP) is 3.36. The summed E-state index contributed by atoms with van der Waals surface area (Å²) in [6, 6.07) is 9.52. The Bertz CT molecular complexity index is 468. The molecule has 0 amide bonds. The molecule has 0 saturated carbocycles. The molecule has 0 aliphatic rings. The third-order valence-corrected chi connectivity index (χ3v) is 7.76. The van der Waals surface area contributed by atoms with E-state index in [-0.39, 0.29) is 11.6 Å². The van der Waals surface area contributed by atoms with Crippen LogP contribution in [0.15, 0.2) is 30.3 Å². The molecule has 1 aromatic rings. The van der Waals surface area contributed by atoms with Gasteiger partial charge in [-0.3, -0.25) is 9.59 Å². The van der Waals surface area contributed by atoms with Crippen molar-refractivity contribution in [1.82, 2.24) is 0 Å². The summed E-state index contributed by atoms with van der Waals surface area (Å²) in [7, 11) is 0.181. The van der Waals surface area contributed by atoms with Gasteiger partial charge in [-0.25, -0.2) is 0 Å². The molecule has 0 saturated heterocycles. The summed E-state index contributed by atoms with van der Waals surface area (Å²) in [6.07, 6.45) is 1.11. The smallest absolute Gasteiger partial charge is 0.356 e. The van der Waals surface area contributed by atoms with Crippen molar-refractivity contribution >= 4 is 20.1 Å². The van der Waals surface area contributed by atoms with Crippen LogP contribution in [-0.2, 0) is 13.6 Å². The molecule has 5 heteroatoms. The molecule has 0 aliphatic carbocycles. The molecule has 0 spiro atoms. The van der Waals surface area contributed by atoms with Gasteiger partial charge in [0.2, 0.25) is 0 Å². The Labute approximate surface area is 127 Å². The number of carbonyl (C=O) groups excluding carboxylic acids is 2. The molecule has 0 radical (unpaired) electrons. The van der Waals surface area contributed by atoms with E-state index < -0.39 is 14.1 Å². The molecule has 21 heavy (non-hydrogen) atoms. The minimum absolute atomic E-state index is 0.104. The normalized spacial score (nSPS) is 13.0. The van der Waals surface area contributed by atoms with Crippen LogP contribution in [0.2, 0.25) is 11.6 Å². The molecule has 1 aromatic carbocycles. The fraction of sp³-hybridized carbons (Fsp3) is 0.500. The van der Waals surface area contributed by atoms with Crippen molar-refractivity contribution in [2.45, 2.75) is 38.3 Å². The molecular weight excluding hydrogens is 284 g/mol. The second kappa shape index (κ2) is 8.22. The Kier molecular flexibility index (Phi) is 6.94. The second-order valence-electron chi connectivity index (χ2n) is 4.95. The van der Waals surface area contributed by atoms with Crippen molar-refractivity contribution in [2.24, 2.45) is 0 Å². The zero-order valence-corrected chi connectivity index (χ0v) is 14.2. The summed E-state index contributed by atoms with van der Waals surface area (Å²) in [4.78, 5) is 25.3. The van der Waals surface area contributed by atoms with Crippen LogP contribution in [0.25, 0.3) is 0 Å². The molecule has 116 valence electrons. The lowest BCUT2D eigenvalue weighted by Crippen LogP contribution is -2.51. The topological polar surface area (TPSA) is 52.6 Å². The summed E-state index contributed by atoms with van der Waals surface area (Å²) < 4.78 is 11.3. The lowest BCUT2D eigenvalue weighted by atomic mass is 10.0. The molecule has 0 bridgehead atoms. The number of ketones is 2. The molecule has 4 nitrogen and oxygen atoms in total. The van der Waals surface area contributed by atoms with Crippen LogP contribution in [0, 0.1) is 0 Å². The van der Waals surface area contributed by atoms with Crippen molar-refractivity contribution in [3.8, 4) is 0 Å². The number of benzene rings is 1. The van der Waals surface area contributed by atoms with Gasteiger partial charge in [0.25, 0.3) is 0 Å². The first-order chi connectivity index (χ1) is 10.1. The third kappa shape index (κ3) is 3.87. The highest BCUT2D eigenvalue weighted by molar-refractivity contribution is 6.77. The van der Waals surface area contributed by atoms with Gasteiger partial charge in [-0.15, -0.1) is 0 Å². The maximum atomic E-state index is 12.8. The van der Waals surface area contributed by atoms with Crippen LogP contribution in [0.4, 0.5) is 0 Å². The molecule has 0 aliphatic heterocycles. The Hall–Kier alpha value is -1.30. The molecule has 1 atom stereocenters. The van der Waals surface area contributed by atoms with Gasteiger partial charge in [-0.05, 0) is 6.04 Å². The van der Waals surface area contributed by atoms with E-state index in [2.05, 4.69) is 0 Å². The van der Waals surface area contributed by atoms with E-state index in [0.29, 0.717) is 18.0 Å². The van der Waals surface area contributed by atoms with Gasteiger partial charge in [-0.1, -0.05) is 50.6 Å². The predicted molar refractivity (Wildman–Crippen MR) is 84.7 cm³/mol. The highest BCUT2D eigenvalue weighted by atomic mass is 28.4. The molecule has 1 unspecified atom stereocenters. The molecule has 0 aromatic heterocycles. The summed E-state index contributed by atoms with van der Waals surface area (Å²) >= 11 is 0. The standard InChI is InChI=1S/C16H24O4Si/c1-5-12-21(19-3,20-4)16(14(17)6-2)15(18)13-10-8-7-9-11-13/h7-11,16H,5-6,12H2,1-4H3. The lowest BCUT2D eigenvalue weighted by Gasteiger charge is -2.33. The molecule has 1 rings (SSSR count).